The maximum atomic E-state index is 12.2. The SMILES string of the molecule is O=C(N[C@H](Cn1nccn1)c1ccccc1)c1ccco1. The van der Waals surface area contributed by atoms with Gasteiger partial charge in [-0.1, -0.05) is 30.3 Å². The average Bonchev–Trinajstić information content (AvgIpc) is 3.21. The number of amides is 1. The quantitative estimate of drug-likeness (QED) is 0.777. The van der Waals surface area contributed by atoms with Crippen molar-refractivity contribution < 1.29 is 9.21 Å². The molecule has 0 spiro atoms. The van der Waals surface area contributed by atoms with E-state index in [1.165, 1.54) is 6.26 Å². The third kappa shape index (κ3) is 3.17. The smallest absolute Gasteiger partial charge is 0.287 e. The molecule has 3 rings (SSSR count). The molecule has 0 fully saturated rings. The minimum Gasteiger partial charge on any atom is -0.459 e. The van der Waals surface area contributed by atoms with Crippen molar-refractivity contribution in [1.29, 1.82) is 0 Å². The fourth-order valence-electron chi connectivity index (χ4n) is 2.06. The Morgan fingerprint density at radius 1 is 1.14 bits per heavy atom. The van der Waals surface area contributed by atoms with Gasteiger partial charge in [0.1, 0.15) is 0 Å². The van der Waals surface area contributed by atoms with Crippen LogP contribution in [0.4, 0.5) is 0 Å². The van der Waals surface area contributed by atoms with E-state index in [4.69, 9.17) is 4.42 Å². The molecule has 0 unspecified atom stereocenters. The number of carbonyl (C=O) groups excluding carboxylic acids is 1. The maximum absolute atomic E-state index is 12.2. The number of aromatic nitrogens is 3. The Balaban J connectivity index is 1.80. The third-order valence-electron chi connectivity index (χ3n) is 3.06. The van der Waals surface area contributed by atoms with E-state index in [-0.39, 0.29) is 17.7 Å². The molecule has 0 saturated heterocycles. The fourth-order valence-corrected chi connectivity index (χ4v) is 2.06. The summed E-state index contributed by atoms with van der Waals surface area (Å²) < 4.78 is 5.12. The molecule has 0 saturated carbocycles. The zero-order chi connectivity index (χ0) is 14.5. The molecule has 2 heterocycles. The molecule has 0 aliphatic carbocycles. The summed E-state index contributed by atoms with van der Waals surface area (Å²) in [5.74, 6) is 0.0189. The lowest BCUT2D eigenvalue weighted by atomic mass is 10.1. The standard InChI is InChI=1S/C15H14N4O2/c20-15(14-7-4-10-21-14)18-13(11-19-16-8-9-17-19)12-5-2-1-3-6-12/h1-10,13H,11H2,(H,18,20)/t13-/m1/s1. The molecule has 1 N–H and O–H groups in total. The van der Waals surface area contributed by atoms with Gasteiger partial charge in [-0.25, -0.2) is 0 Å². The summed E-state index contributed by atoms with van der Waals surface area (Å²) >= 11 is 0. The molecular weight excluding hydrogens is 268 g/mol. The Bertz CT molecular complexity index is 678. The van der Waals surface area contributed by atoms with Crippen molar-refractivity contribution in [3.05, 3.63) is 72.4 Å². The summed E-state index contributed by atoms with van der Waals surface area (Å²) in [5, 5.41) is 11.1. The zero-order valence-corrected chi connectivity index (χ0v) is 11.2. The van der Waals surface area contributed by atoms with Crippen molar-refractivity contribution in [2.45, 2.75) is 12.6 Å². The second-order valence-electron chi connectivity index (χ2n) is 4.50. The van der Waals surface area contributed by atoms with Crippen LogP contribution in [0.15, 0.2) is 65.5 Å². The van der Waals surface area contributed by atoms with Crippen LogP contribution in [0, 0.1) is 0 Å². The van der Waals surface area contributed by atoms with Gasteiger partial charge in [0.25, 0.3) is 5.91 Å². The molecule has 2 aromatic heterocycles. The number of carbonyl (C=O) groups is 1. The van der Waals surface area contributed by atoms with E-state index in [0.29, 0.717) is 6.54 Å². The fraction of sp³-hybridized carbons (Fsp3) is 0.133. The molecule has 3 aromatic rings. The highest BCUT2D eigenvalue weighted by Crippen LogP contribution is 2.15. The van der Waals surface area contributed by atoms with Crippen LogP contribution in [-0.4, -0.2) is 20.9 Å². The van der Waals surface area contributed by atoms with Crippen molar-refractivity contribution in [2.24, 2.45) is 0 Å². The van der Waals surface area contributed by atoms with Gasteiger partial charge in [0.15, 0.2) is 5.76 Å². The number of furan rings is 1. The van der Waals surface area contributed by atoms with Crippen molar-refractivity contribution in [2.75, 3.05) is 0 Å². The highest BCUT2D eigenvalue weighted by atomic mass is 16.3. The normalized spacial score (nSPS) is 12.0. The monoisotopic (exact) mass is 282 g/mol. The van der Waals surface area contributed by atoms with Crippen LogP contribution in [0.1, 0.15) is 22.2 Å². The molecule has 1 amide bonds. The van der Waals surface area contributed by atoms with Crippen LogP contribution in [-0.2, 0) is 6.54 Å². The topological polar surface area (TPSA) is 73.0 Å². The van der Waals surface area contributed by atoms with Gasteiger partial charge >= 0.3 is 0 Å². The molecule has 0 aliphatic rings. The first kappa shape index (κ1) is 13.1. The Morgan fingerprint density at radius 2 is 1.90 bits per heavy atom. The molecular formula is C15H14N4O2. The van der Waals surface area contributed by atoms with Gasteiger partial charge in [-0.3, -0.25) is 4.79 Å². The van der Waals surface area contributed by atoms with Gasteiger partial charge in [-0.2, -0.15) is 15.0 Å². The predicted molar refractivity (Wildman–Crippen MR) is 75.4 cm³/mol. The van der Waals surface area contributed by atoms with Crippen LogP contribution >= 0.6 is 0 Å². The lowest BCUT2D eigenvalue weighted by Crippen LogP contribution is -2.31. The van der Waals surface area contributed by atoms with Crippen LogP contribution < -0.4 is 5.32 Å². The highest BCUT2D eigenvalue weighted by Gasteiger charge is 2.18. The molecule has 6 nitrogen and oxygen atoms in total. The number of hydrogen-bond acceptors (Lipinski definition) is 4. The van der Waals surface area contributed by atoms with E-state index < -0.39 is 0 Å². The summed E-state index contributed by atoms with van der Waals surface area (Å²) in [6.07, 6.45) is 4.69. The molecule has 0 aliphatic heterocycles. The highest BCUT2D eigenvalue weighted by molar-refractivity contribution is 5.91. The van der Waals surface area contributed by atoms with Gasteiger partial charge in [0.05, 0.1) is 31.2 Å². The predicted octanol–water partition coefficient (Wildman–Crippen LogP) is 2.04. The van der Waals surface area contributed by atoms with E-state index >= 15 is 0 Å². The van der Waals surface area contributed by atoms with Gasteiger partial charge in [-0.15, -0.1) is 0 Å². The number of rotatable bonds is 5. The number of hydrogen-bond donors (Lipinski definition) is 1. The van der Waals surface area contributed by atoms with Gasteiger partial charge in [0.2, 0.25) is 0 Å². The molecule has 6 heteroatoms. The molecule has 1 aromatic carbocycles. The molecule has 21 heavy (non-hydrogen) atoms. The maximum Gasteiger partial charge on any atom is 0.287 e. The van der Waals surface area contributed by atoms with Crippen LogP contribution in [0.5, 0.6) is 0 Å². The Hall–Kier alpha value is -2.89. The lowest BCUT2D eigenvalue weighted by Gasteiger charge is -2.18. The molecule has 0 bridgehead atoms. The minimum atomic E-state index is -0.263. The lowest BCUT2D eigenvalue weighted by molar-refractivity contribution is 0.0902. The van der Waals surface area contributed by atoms with E-state index in [1.54, 1.807) is 29.3 Å². The Morgan fingerprint density at radius 3 is 2.57 bits per heavy atom. The number of nitrogens with one attached hydrogen (secondary N) is 1. The van der Waals surface area contributed by atoms with E-state index in [2.05, 4.69) is 15.5 Å². The molecule has 1 atom stereocenters. The summed E-state index contributed by atoms with van der Waals surface area (Å²) in [5.41, 5.74) is 0.981. The van der Waals surface area contributed by atoms with Crippen molar-refractivity contribution in [3.8, 4) is 0 Å². The summed E-state index contributed by atoms with van der Waals surface area (Å²) in [4.78, 5) is 13.7. The summed E-state index contributed by atoms with van der Waals surface area (Å²) in [7, 11) is 0. The van der Waals surface area contributed by atoms with Gasteiger partial charge < -0.3 is 9.73 Å². The van der Waals surface area contributed by atoms with Crippen molar-refractivity contribution in [1.82, 2.24) is 20.3 Å². The van der Waals surface area contributed by atoms with E-state index in [1.807, 2.05) is 30.3 Å². The largest absolute Gasteiger partial charge is 0.459 e. The van der Waals surface area contributed by atoms with Gasteiger partial charge in [0, 0.05) is 0 Å². The van der Waals surface area contributed by atoms with E-state index in [0.717, 1.165) is 5.56 Å². The number of benzene rings is 1. The van der Waals surface area contributed by atoms with Crippen LogP contribution in [0.2, 0.25) is 0 Å². The summed E-state index contributed by atoms with van der Waals surface area (Å²) in [6, 6.07) is 12.8. The molecule has 0 radical (unpaired) electrons. The van der Waals surface area contributed by atoms with Crippen molar-refractivity contribution in [3.63, 3.8) is 0 Å². The first-order chi connectivity index (χ1) is 10.3. The Labute approximate surface area is 121 Å². The average molecular weight is 282 g/mol. The van der Waals surface area contributed by atoms with Gasteiger partial charge in [-0.05, 0) is 17.7 Å². The molecule has 106 valence electrons. The Kier molecular flexibility index (Phi) is 3.77. The van der Waals surface area contributed by atoms with Crippen LogP contribution in [0.25, 0.3) is 0 Å². The summed E-state index contributed by atoms with van der Waals surface area (Å²) in [6.45, 7) is 0.448. The minimum absolute atomic E-state index is 0.240. The first-order valence-corrected chi connectivity index (χ1v) is 6.56. The van der Waals surface area contributed by atoms with E-state index in [9.17, 15) is 4.79 Å². The number of nitrogens with zero attached hydrogens (tertiary/aromatic N) is 3. The van der Waals surface area contributed by atoms with Crippen LogP contribution in [0.3, 0.4) is 0 Å². The first-order valence-electron chi connectivity index (χ1n) is 6.56. The third-order valence-corrected chi connectivity index (χ3v) is 3.06. The zero-order valence-electron chi connectivity index (χ0n) is 11.2. The second-order valence-corrected chi connectivity index (χ2v) is 4.50. The van der Waals surface area contributed by atoms with Crippen molar-refractivity contribution >= 4 is 5.91 Å². The second kappa shape index (κ2) is 6.04.